The summed E-state index contributed by atoms with van der Waals surface area (Å²) >= 11 is 6.16. The highest BCUT2D eigenvalue weighted by atomic mass is 35.5. The van der Waals surface area contributed by atoms with Gasteiger partial charge in [0.1, 0.15) is 5.82 Å². The van der Waals surface area contributed by atoms with E-state index in [1.807, 2.05) is 6.07 Å². The molecule has 0 aliphatic heterocycles. The molecule has 3 heteroatoms. The summed E-state index contributed by atoms with van der Waals surface area (Å²) in [4.78, 5) is 0. The molecule has 0 heterocycles. The first-order valence-electron chi connectivity index (χ1n) is 7.29. The van der Waals surface area contributed by atoms with E-state index in [1.165, 1.54) is 44.2 Å². The van der Waals surface area contributed by atoms with Gasteiger partial charge in [0.2, 0.25) is 0 Å². The molecule has 0 saturated heterocycles. The number of hydrogen-bond donors (Lipinski definition) is 1. The first kappa shape index (κ1) is 14.8. The van der Waals surface area contributed by atoms with Gasteiger partial charge in [-0.2, -0.15) is 0 Å². The molecule has 0 unspecified atom stereocenters. The van der Waals surface area contributed by atoms with Gasteiger partial charge in [-0.25, -0.2) is 4.39 Å². The Morgan fingerprint density at radius 2 is 1.74 bits per heavy atom. The summed E-state index contributed by atoms with van der Waals surface area (Å²) < 4.78 is 13.1. The van der Waals surface area contributed by atoms with Crippen molar-refractivity contribution < 1.29 is 4.39 Å². The molecule has 1 aliphatic carbocycles. The summed E-state index contributed by atoms with van der Waals surface area (Å²) in [5.74, 6) is -0.270. The summed E-state index contributed by atoms with van der Waals surface area (Å²) in [7, 11) is 0. The molecule has 1 aromatic carbocycles. The Balaban J connectivity index is 2.15. The van der Waals surface area contributed by atoms with Crippen LogP contribution in [0, 0.1) is 11.2 Å². The predicted molar refractivity (Wildman–Crippen MR) is 78.9 cm³/mol. The lowest BCUT2D eigenvalue weighted by Crippen LogP contribution is -2.33. The van der Waals surface area contributed by atoms with Gasteiger partial charge in [-0.3, -0.25) is 0 Å². The largest absolute Gasteiger partial charge is 0.330 e. The van der Waals surface area contributed by atoms with Crippen LogP contribution >= 0.6 is 11.6 Å². The second kappa shape index (κ2) is 6.71. The van der Waals surface area contributed by atoms with Gasteiger partial charge < -0.3 is 5.73 Å². The average molecular weight is 284 g/mol. The van der Waals surface area contributed by atoms with Crippen LogP contribution in [0.2, 0.25) is 5.02 Å². The van der Waals surface area contributed by atoms with Crippen LogP contribution in [0.1, 0.15) is 50.5 Å². The van der Waals surface area contributed by atoms with Gasteiger partial charge in [-0.05, 0) is 48.9 Å². The third-order valence-electron chi connectivity index (χ3n) is 4.43. The summed E-state index contributed by atoms with van der Waals surface area (Å²) in [5.41, 5.74) is 7.26. The van der Waals surface area contributed by atoms with Crippen LogP contribution in [0.3, 0.4) is 0 Å². The molecule has 0 spiro atoms. The van der Waals surface area contributed by atoms with E-state index in [2.05, 4.69) is 0 Å². The van der Waals surface area contributed by atoms with Crippen molar-refractivity contribution in [2.75, 3.05) is 6.54 Å². The van der Waals surface area contributed by atoms with Crippen LogP contribution in [0.25, 0.3) is 0 Å². The zero-order valence-electron chi connectivity index (χ0n) is 11.4. The van der Waals surface area contributed by atoms with Crippen LogP contribution < -0.4 is 5.73 Å². The van der Waals surface area contributed by atoms with E-state index < -0.39 is 0 Å². The molecule has 2 N–H and O–H groups in total. The molecule has 0 amide bonds. The Morgan fingerprint density at radius 1 is 1.11 bits per heavy atom. The molecule has 0 radical (unpaired) electrons. The molecule has 1 nitrogen and oxygen atoms in total. The molecule has 1 fully saturated rings. The van der Waals surface area contributed by atoms with E-state index in [4.69, 9.17) is 17.3 Å². The van der Waals surface area contributed by atoms with Crippen LogP contribution in [-0.4, -0.2) is 6.54 Å². The highest BCUT2D eigenvalue weighted by Crippen LogP contribution is 2.38. The SMILES string of the molecule is NCC1(Cc2ccc(F)cc2Cl)CCCCCCC1. The van der Waals surface area contributed by atoms with Crippen molar-refractivity contribution in [2.24, 2.45) is 11.1 Å². The molecule has 0 bridgehead atoms. The van der Waals surface area contributed by atoms with Crippen molar-refractivity contribution >= 4 is 11.6 Å². The Kier molecular flexibility index (Phi) is 5.23. The molecule has 0 aromatic heterocycles. The van der Waals surface area contributed by atoms with Crippen LogP contribution in [0.5, 0.6) is 0 Å². The fourth-order valence-electron chi connectivity index (χ4n) is 3.18. The molecular weight excluding hydrogens is 261 g/mol. The summed E-state index contributed by atoms with van der Waals surface area (Å²) in [6.07, 6.45) is 9.65. The van der Waals surface area contributed by atoms with Crippen molar-refractivity contribution in [3.8, 4) is 0 Å². The summed E-state index contributed by atoms with van der Waals surface area (Å²) in [6, 6.07) is 4.71. The third kappa shape index (κ3) is 3.93. The van der Waals surface area contributed by atoms with Gasteiger partial charge in [0.05, 0.1) is 0 Å². The maximum atomic E-state index is 13.1. The van der Waals surface area contributed by atoms with E-state index in [-0.39, 0.29) is 11.2 Å². The molecule has 2 rings (SSSR count). The van der Waals surface area contributed by atoms with Gasteiger partial charge in [0.15, 0.2) is 0 Å². The molecular formula is C16H23ClFN. The Bertz CT molecular complexity index is 411. The lowest BCUT2D eigenvalue weighted by molar-refractivity contribution is 0.217. The second-order valence-corrected chi connectivity index (χ2v) is 6.29. The zero-order valence-corrected chi connectivity index (χ0v) is 12.2. The first-order valence-corrected chi connectivity index (χ1v) is 7.67. The van der Waals surface area contributed by atoms with Crippen molar-refractivity contribution in [2.45, 2.75) is 51.4 Å². The molecule has 106 valence electrons. The summed E-state index contributed by atoms with van der Waals surface area (Å²) in [6.45, 7) is 0.695. The fourth-order valence-corrected chi connectivity index (χ4v) is 3.41. The van der Waals surface area contributed by atoms with Crippen molar-refractivity contribution in [3.05, 3.63) is 34.6 Å². The first-order chi connectivity index (χ1) is 9.15. The number of halogens is 2. The highest BCUT2D eigenvalue weighted by molar-refractivity contribution is 6.31. The van der Waals surface area contributed by atoms with Gasteiger partial charge in [0.25, 0.3) is 0 Å². The molecule has 1 aliphatic rings. The van der Waals surface area contributed by atoms with Gasteiger partial charge in [-0.1, -0.05) is 49.8 Å². The number of benzene rings is 1. The van der Waals surface area contributed by atoms with Gasteiger partial charge in [-0.15, -0.1) is 0 Å². The van der Waals surface area contributed by atoms with Gasteiger partial charge in [0, 0.05) is 5.02 Å². The molecule has 19 heavy (non-hydrogen) atoms. The van der Waals surface area contributed by atoms with E-state index in [0.29, 0.717) is 11.6 Å². The van der Waals surface area contributed by atoms with Crippen molar-refractivity contribution in [1.82, 2.24) is 0 Å². The maximum absolute atomic E-state index is 13.1. The van der Waals surface area contributed by atoms with Crippen LogP contribution in [0.4, 0.5) is 4.39 Å². The minimum Gasteiger partial charge on any atom is -0.330 e. The number of hydrogen-bond acceptors (Lipinski definition) is 1. The average Bonchev–Trinajstić information content (AvgIpc) is 2.36. The van der Waals surface area contributed by atoms with E-state index in [0.717, 1.165) is 24.8 Å². The standard InChI is InChI=1S/C16H23ClFN/c17-15-10-14(18)7-6-13(15)11-16(12-19)8-4-2-1-3-5-9-16/h6-7,10H,1-5,8-9,11-12,19H2. The summed E-state index contributed by atoms with van der Waals surface area (Å²) in [5, 5.41) is 0.537. The van der Waals surface area contributed by atoms with Gasteiger partial charge >= 0.3 is 0 Å². The van der Waals surface area contributed by atoms with Crippen LogP contribution in [0.15, 0.2) is 18.2 Å². The predicted octanol–water partition coefficient (Wildman–Crippen LogP) is 4.71. The fraction of sp³-hybridized carbons (Fsp3) is 0.625. The monoisotopic (exact) mass is 283 g/mol. The van der Waals surface area contributed by atoms with Crippen molar-refractivity contribution in [1.29, 1.82) is 0 Å². The van der Waals surface area contributed by atoms with Crippen LogP contribution in [-0.2, 0) is 6.42 Å². The lowest BCUT2D eigenvalue weighted by atomic mass is 9.72. The van der Waals surface area contributed by atoms with E-state index in [9.17, 15) is 4.39 Å². The quantitative estimate of drug-likeness (QED) is 0.854. The lowest BCUT2D eigenvalue weighted by Gasteiger charge is -2.35. The number of nitrogens with two attached hydrogens (primary N) is 1. The van der Waals surface area contributed by atoms with Crippen molar-refractivity contribution in [3.63, 3.8) is 0 Å². The molecule has 1 aromatic rings. The van der Waals surface area contributed by atoms with E-state index in [1.54, 1.807) is 0 Å². The second-order valence-electron chi connectivity index (χ2n) is 5.88. The molecule has 1 saturated carbocycles. The normalized spacial score (nSPS) is 19.7. The number of rotatable bonds is 3. The highest BCUT2D eigenvalue weighted by Gasteiger charge is 2.29. The molecule has 0 atom stereocenters. The topological polar surface area (TPSA) is 26.0 Å². The minimum absolute atomic E-state index is 0.155. The maximum Gasteiger partial charge on any atom is 0.124 e. The van der Waals surface area contributed by atoms with E-state index >= 15 is 0 Å². The Morgan fingerprint density at radius 3 is 2.32 bits per heavy atom. The Hall–Kier alpha value is -0.600. The Labute approximate surface area is 120 Å². The smallest absolute Gasteiger partial charge is 0.124 e. The third-order valence-corrected chi connectivity index (χ3v) is 4.78. The minimum atomic E-state index is -0.270. The zero-order chi connectivity index (χ0) is 13.7.